The van der Waals surface area contributed by atoms with Crippen LogP contribution >= 0.6 is 0 Å². The highest BCUT2D eigenvalue weighted by atomic mass is 15.2. The molecule has 1 N–H and O–H groups in total. The molecule has 1 unspecified atom stereocenters. The van der Waals surface area contributed by atoms with Gasteiger partial charge in [0.15, 0.2) is 0 Å². The third-order valence-corrected chi connectivity index (χ3v) is 5.06. The summed E-state index contributed by atoms with van der Waals surface area (Å²) in [5.74, 6) is 0. The van der Waals surface area contributed by atoms with E-state index in [-0.39, 0.29) is 0 Å². The lowest BCUT2D eigenvalue weighted by Gasteiger charge is -2.33. The van der Waals surface area contributed by atoms with Crippen LogP contribution in [0, 0.1) is 11.3 Å². The Morgan fingerprint density at radius 3 is 2.56 bits per heavy atom. The van der Waals surface area contributed by atoms with Gasteiger partial charge in [-0.1, -0.05) is 42.8 Å². The predicted molar refractivity (Wildman–Crippen MR) is 102 cm³/mol. The lowest BCUT2D eigenvalue weighted by Crippen LogP contribution is -2.36. The van der Waals surface area contributed by atoms with Crippen LogP contribution in [0.3, 0.4) is 0 Å². The van der Waals surface area contributed by atoms with Gasteiger partial charge in [-0.3, -0.25) is 4.90 Å². The van der Waals surface area contributed by atoms with Gasteiger partial charge in [0.05, 0.1) is 11.6 Å². The van der Waals surface area contributed by atoms with Crippen molar-refractivity contribution in [1.82, 2.24) is 10.2 Å². The van der Waals surface area contributed by atoms with Gasteiger partial charge < -0.3 is 5.32 Å². The van der Waals surface area contributed by atoms with Crippen LogP contribution in [-0.2, 0) is 19.6 Å². The number of nitrogens with one attached hydrogen (secondary N) is 1. The van der Waals surface area contributed by atoms with Crippen molar-refractivity contribution in [2.24, 2.45) is 0 Å². The lowest BCUT2D eigenvalue weighted by atomic mass is 10.0. The van der Waals surface area contributed by atoms with Crippen molar-refractivity contribution in [3.05, 3.63) is 70.8 Å². The van der Waals surface area contributed by atoms with E-state index in [1.807, 2.05) is 18.2 Å². The van der Waals surface area contributed by atoms with E-state index >= 15 is 0 Å². The van der Waals surface area contributed by atoms with Crippen molar-refractivity contribution in [1.29, 1.82) is 5.26 Å². The summed E-state index contributed by atoms with van der Waals surface area (Å²) in [5, 5.41) is 12.4. The molecule has 0 amide bonds. The van der Waals surface area contributed by atoms with Gasteiger partial charge in [0.1, 0.15) is 0 Å². The summed E-state index contributed by atoms with van der Waals surface area (Å²) in [6, 6.07) is 19.6. The molecule has 0 bridgehead atoms. The first-order valence-corrected chi connectivity index (χ1v) is 9.26. The van der Waals surface area contributed by atoms with Crippen molar-refractivity contribution >= 4 is 0 Å². The molecule has 0 radical (unpaired) electrons. The smallest absolute Gasteiger partial charge is 0.0991 e. The molecule has 3 heteroatoms. The van der Waals surface area contributed by atoms with Crippen molar-refractivity contribution in [3.63, 3.8) is 0 Å². The standard InChI is InChI=1S/C22H27N3/c1-18-5-2-3-12-25(18)17-20-10-8-19(9-11-20)15-24-16-22-7-4-6-21(13-22)14-23/h4,6-11,13,18,24H,2-3,5,12,15-17H2,1H3. The molecule has 0 aliphatic carbocycles. The maximum Gasteiger partial charge on any atom is 0.0991 e. The van der Waals surface area contributed by atoms with Crippen LogP contribution in [-0.4, -0.2) is 17.5 Å². The number of hydrogen-bond donors (Lipinski definition) is 1. The molecule has 1 heterocycles. The maximum absolute atomic E-state index is 8.95. The van der Waals surface area contributed by atoms with Gasteiger partial charge in [-0.2, -0.15) is 5.26 Å². The second kappa shape index (κ2) is 8.80. The Kier molecular flexibility index (Phi) is 6.22. The van der Waals surface area contributed by atoms with Gasteiger partial charge in [0, 0.05) is 25.7 Å². The van der Waals surface area contributed by atoms with E-state index < -0.39 is 0 Å². The van der Waals surface area contributed by atoms with Gasteiger partial charge in [0.2, 0.25) is 0 Å². The fraction of sp³-hybridized carbons (Fsp3) is 0.409. The highest BCUT2D eigenvalue weighted by Crippen LogP contribution is 2.19. The molecule has 3 nitrogen and oxygen atoms in total. The quantitative estimate of drug-likeness (QED) is 0.860. The fourth-order valence-electron chi connectivity index (χ4n) is 3.49. The summed E-state index contributed by atoms with van der Waals surface area (Å²) in [6.45, 7) is 6.26. The largest absolute Gasteiger partial charge is 0.309 e. The topological polar surface area (TPSA) is 39.1 Å². The number of piperidine rings is 1. The number of nitriles is 1. The molecule has 1 aliphatic heterocycles. The zero-order chi connectivity index (χ0) is 17.5. The molecule has 1 aliphatic rings. The summed E-state index contributed by atoms with van der Waals surface area (Å²) >= 11 is 0. The van der Waals surface area contributed by atoms with Crippen molar-refractivity contribution < 1.29 is 0 Å². The van der Waals surface area contributed by atoms with Crippen LogP contribution in [0.25, 0.3) is 0 Å². The fourth-order valence-corrected chi connectivity index (χ4v) is 3.49. The molecule has 2 aromatic carbocycles. The van der Waals surface area contributed by atoms with Gasteiger partial charge in [-0.25, -0.2) is 0 Å². The first-order chi connectivity index (χ1) is 12.2. The maximum atomic E-state index is 8.95. The molecule has 130 valence electrons. The Morgan fingerprint density at radius 2 is 1.80 bits per heavy atom. The van der Waals surface area contributed by atoms with Crippen LogP contribution < -0.4 is 5.32 Å². The van der Waals surface area contributed by atoms with Crippen LogP contribution in [0.15, 0.2) is 48.5 Å². The minimum Gasteiger partial charge on any atom is -0.309 e. The van der Waals surface area contributed by atoms with Crippen molar-refractivity contribution in [2.45, 2.75) is 51.9 Å². The number of likely N-dealkylation sites (tertiary alicyclic amines) is 1. The molecule has 2 aromatic rings. The monoisotopic (exact) mass is 333 g/mol. The molecule has 25 heavy (non-hydrogen) atoms. The molecule has 1 saturated heterocycles. The molecule has 0 saturated carbocycles. The SMILES string of the molecule is CC1CCCCN1Cc1ccc(CNCc2cccc(C#N)c2)cc1. The number of benzene rings is 2. The zero-order valence-electron chi connectivity index (χ0n) is 15.0. The molecule has 0 spiro atoms. The summed E-state index contributed by atoms with van der Waals surface area (Å²) in [6.07, 6.45) is 4.04. The summed E-state index contributed by atoms with van der Waals surface area (Å²) < 4.78 is 0. The molecule has 1 atom stereocenters. The first-order valence-electron chi connectivity index (χ1n) is 9.26. The summed E-state index contributed by atoms with van der Waals surface area (Å²) in [7, 11) is 0. The van der Waals surface area contributed by atoms with E-state index in [1.165, 1.54) is 36.9 Å². The Bertz CT molecular complexity index is 715. The predicted octanol–water partition coefficient (Wildman–Crippen LogP) is 4.22. The average molecular weight is 333 g/mol. The van der Waals surface area contributed by atoms with Crippen molar-refractivity contribution in [2.75, 3.05) is 6.54 Å². The van der Waals surface area contributed by atoms with Crippen LogP contribution in [0.5, 0.6) is 0 Å². The Morgan fingerprint density at radius 1 is 1.04 bits per heavy atom. The molecule has 0 aromatic heterocycles. The van der Waals surface area contributed by atoms with Crippen LogP contribution in [0.1, 0.15) is 48.4 Å². The van der Waals surface area contributed by atoms with E-state index in [4.69, 9.17) is 5.26 Å². The average Bonchev–Trinajstić information content (AvgIpc) is 2.65. The highest BCUT2D eigenvalue weighted by molar-refractivity contribution is 5.32. The molecule has 1 fully saturated rings. The van der Waals surface area contributed by atoms with E-state index in [1.54, 1.807) is 0 Å². The third kappa shape index (κ3) is 5.16. The first kappa shape index (κ1) is 17.7. The zero-order valence-corrected chi connectivity index (χ0v) is 15.0. The third-order valence-electron chi connectivity index (χ3n) is 5.06. The van der Waals surface area contributed by atoms with E-state index in [0.717, 1.165) is 30.8 Å². The van der Waals surface area contributed by atoms with Crippen LogP contribution in [0.2, 0.25) is 0 Å². The van der Waals surface area contributed by atoms with E-state index in [2.05, 4.69) is 53.5 Å². The Hall–Kier alpha value is -2.15. The number of nitrogens with zero attached hydrogens (tertiary/aromatic N) is 2. The minimum atomic E-state index is 0.708. The summed E-state index contributed by atoms with van der Waals surface area (Å²) in [5.41, 5.74) is 4.57. The summed E-state index contributed by atoms with van der Waals surface area (Å²) in [4.78, 5) is 2.60. The second-order valence-electron chi connectivity index (χ2n) is 7.05. The van der Waals surface area contributed by atoms with Gasteiger partial charge in [-0.15, -0.1) is 0 Å². The van der Waals surface area contributed by atoms with Crippen molar-refractivity contribution in [3.8, 4) is 6.07 Å². The van der Waals surface area contributed by atoms with Crippen LogP contribution in [0.4, 0.5) is 0 Å². The highest BCUT2D eigenvalue weighted by Gasteiger charge is 2.17. The number of rotatable bonds is 6. The Labute approximate surface area is 151 Å². The van der Waals surface area contributed by atoms with E-state index in [0.29, 0.717) is 6.04 Å². The van der Waals surface area contributed by atoms with Gasteiger partial charge in [0.25, 0.3) is 0 Å². The van der Waals surface area contributed by atoms with Gasteiger partial charge >= 0.3 is 0 Å². The molecular weight excluding hydrogens is 306 g/mol. The Balaban J connectivity index is 1.48. The lowest BCUT2D eigenvalue weighted by molar-refractivity contribution is 0.152. The molecular formula is C22H27N3. The molecule has 3 rings (SSSR count). The number of hydrogen-bond acceptors (Lipinski definition) is 3. The van der Waals surface area contributed by atoms with Gasteiger partial charge in [-0.05, 0) is 55.1 Å². The van der Waals surface area contributed by atoms with E-state index in [9.17, 15) is 0 Å². The minimum absolute atomic E-state index is 0.708. The second-order valence-corrected chi connectivity index (χ2v) is 7.05. The normalized spacial score (nSPS) is 18.0.